The van der Waals surface area contributed by atoms with E-state index in [1.807, 2.05) is 32.9 Å². The number of amides is 1. The molecule has 5 heteroatoms. The van der Waals surface area contributed by atoms with E-state index in [4.69, 9.17) is 0 Å². The molecule has 1 amide bonds. The van der Waals surface area contributed by atoms with Gasteiger partial charge in [0.25, 0.3) is 5.91 Å². The van der Waals surface area contributed by atoms with Gasteiger partial charge in [-0.15, -0.1) is 11.3 Å². The van der Waals surface area contributed by atoms with Gasteiger partial charge in [0.1, 0.15) is 4.88 Å². The zero-order valence-corrected chi connectivity index (χ0v) is 11.4. The summed E-state index contributed by atoms with van der Waals surface area (Å²) in [6.07, 6.45) is 3.44. The van der Waals surface area contributed by atoms with Gasteiger partial charge in [0, 0.05) is 12.4 Å². The molecular weight excluding hydrogens is 246 g/mol. The molecule has 18 heavy (non-hydrogen) atoms. The fourth-order valence-electron chi connectivity index (χ4n) is 1.74. The first-order valence-electron chi connectivity index (χ1n) is 5.72. The van der Waals surface area contributed by atoms with Gasteiger partial charge in [-0.3, -0.25) is 9.78 Å². The largest absolute Gasteiger partial charge is 0.345 e. The molecule has 0 saturated carbocycles. The van der Waals surface area contributed by atoms with Crippen LogP contribution in [-0.2, 0) is 0 Å². The number of hydrogen-bond acceptors (Lipinski definition) is 4. The van der Waals surface area contributed by atoms with Gasteiger partial charge in [0.2, 0.25) is 0 Å². The van der Waals surface area contributed by atoms with E-state index in [0.29, 0.717) is 4.88 Å². The number of aromatic nitrogens is 2. The van der Waals surface area contributed by atoms with Crippen LogP contribution in [0.15, 0.2) is 24.5 Å². The van der Waals surface area contributed by atoms with Gasteiger partial charge in [-0.05, 0) is 38.5 Å². The van der Waals surface area contributed by atoms with E-state index >= 15 is 0 Å². The van der Waals surface area contributed by atoms with E-state index in [9.17, 15) is 4.79 Å². The predicted molar refractivity (Wildman–Crippen MR) is 71.7 cm³/mol. The van der Waals surface area contributed by atoms with Crippen LogP contribution in [0.4, 0.5) is 0 Å². The van der Waals surface area contributed by atoms with Crippen molar-refractivity contribution in [3.05, 3.63) is 45.7 Å². The van der Waals surface area contributed by atoms with E-state index in [1.165, 1.54) is 11.3 Å². The van der Waals surface area contributed by atoms with E-state index in [-0.39, 0.29) is 11.9 Å². The third-order valence-corrected chi connectivity index (χ3v) is 3.74. The molecular formula is C13H15N3OS. The van der Waals surface area contributed by atoms with E-state index < -0.39 is 0 Å². The number of rotatable bonds is 3. The smallest absolute Gasteiger partial charge is 0.263 e. The molecule has 94 valence electrons. The summed E-state index contributed by atoms with van der Waals surface area (Å²) >= 11 is 1.42. The monoisotopic (exact) mass is 261 g/mol. The molecule has 0 aliphatic rings. The van der Waals surface area contributed by atoms with Crippen LogP contribution in [0.3, 0.4) is 0 Å². The maximum atomic E-state index is 12.1. The van der Waals surface area contributed by atoms with Crippen molar-refractivity contribution in [2.75, 3.05) is 0 Å². The van der Waals surface area contributed by atoms with Gasteiger partial charge in [0.05, 0.1) is 16.7 Å². The van der Waals surface area contributed by atoms with Crippen molar-refractivity contribution in [1.29, 1.82) is 0 Å². The van der Waals surface area contributed by atoms with Crippen molar-refractivity contribution >= 4 is 17.2 Å². The van der Waals surface area contributed by atoms with Gasteiger partial charge < -0.3 is 5.32 Å². The normalized spacial score (nSPS) is 12.2. The van der Waals surface area contributed by atoms with Gasteiger partial charge in [-0.25, -0.2) is 4.98 Å². The summed E-state index contributed by atoms with van der Waals surface area (Å²) < 4.78 is 0. The van der Waals surface area contributed by atoms with Gasteiger partial charge >= 0.3 is 0 Å². The number of hydrogen-bond donors (Lipinski definition) is 1. The summed E-state index contributed by atoms with van der Waals surface area (Å²) in [7, 11) is 0. The quantitative estimate of drug-likeness (QED) is 0.924. The van der Waals surface area contributed by atoms with Crippen LogP contribution in [-0.4, -0.2) is 15.9 Å². The van der Waals surface area contributed by atoms with Crippen LogP contribution in [0.1, 0.15) is 38.9 Å². The molecule has 0 bridgehead atoms. The summed E-state index contributed by atoms with van der Waals surface area (Å²) in [5, 5.41) is 3.88. The lowest BCUT2D eigenvalue weighted by atomic mass is 10.1. The molecule has 2 aromatic heterocycles. The second-order valence-electron chi connectivity index (χ2n) is 4.12. The zero-order chi connectivity index (χ0) is 13.1. The molecule has 0 aliphatic heterocycles. The fourth-order valence-corrected chi connectivity index (χ4v) is 2.56. The molecule has 1 atom stereocenters. The van der Waals surface area contributed by atoms with Crippen molar-refractivity contribution in [3.63, 3.8) is 0 Å². The highest BCUT2D eigenvalue weighted by Gasteiger charge is 2.16. The van der Waals surface area contributed by atoms with E-state index in [1.54, 1.807) is 12.4 Å². The molecule has 2 heterocycles. The topological polar surface area (TPSA) is 54.9 Å². The highest BCUT2D eigenvalue weighted by Crippen LogP contribution is 2.18. The molecule has 1 N–H and O–H groups in total. The first kappa shape index (κ1) is 12.7. The lowest BCUT2D eigenvalue weighted by Crippen LogP contribution is -2.26. The molecule has 4 nitrogen and oxygen atoms in total. The zero-order valence-electron chi connectivity index (χ0n) is 10.6. The average molecular weight is 261 g/mol. The minimum absolute atomic E-state index is 0.0395. The van der Waals surface area contributed by atoms with Crippen LogP contribution in [0.5, 0.6) is 0 Å². The number of aryl methyl sites for hydroxylation is 2. The summed E-state index contributed by atoms with van der Waals surface area (Å²) in [6.45, 7) is 5.71. The summed E-state index contributed by atoms with van der Waals surface area (Å²) in [5.41, 5.74) is 1.83. The third kappa shape index (κ3) is 2.73. The predicted octanol–water partition coefficient (Wildman–Crippen LogP) is 2.65. The fraction of sp³-hybridized carbons (Fsp3) is 0.308. The molecule has 0 radical (unpaired) electrons. The first-order valence-corrected chi connectivity index (χ1v) is 6.54. The Balaban J connectivity index is 2.10. The number of carbonyl (C=O) groups excluding carboxylic acids is 1. The van der Waals surface area contributed by atoms with E-state index in [0.717, 1.165) is 16.3 Å². The number of carbonyl (C=O) groups is 1. The molecule has 0 fully saturated rings. The van der Waals surface area contributed by atoms with Crippen molar-refractivity contribution in [2.45, 2.75) is 26.8 Å². The highest BCUT2D eigenvalue weighted by molar-refractivity contribution is 7.13. The SMILES string of the molecule is Cc1nc(C)c(C(=O)N[C@H](C)c2ccncc2)s1. The van der Waals surface area contributed by atoms with Gasteiger partial charge in [0.15, 0.2) is 0 Å². The van der Waals surface area contributed by atoms with Crippen LogP contribution in [0, 0.1) is 13.8 Å². The minimum atomic E-state index is -0.0672. The number of pyridine rings is 1. The van der Waals surface area contributed by atoms with Crippen molar-refractivity contribution in [2.24, 2.45) is 0 Å². The molecule has 0 saturated heterocycles. The van der Waals surface area contributed by atoms with E-state index in [2.05, 4.69) is 15.3 Å². The Hall–Kier alpha value is -1.75. The van der Waals surface area contributed by atoms with Crippen LogP contribution >= 0.6 is 11.3 Å². The van der Waals surface area contributed by atoms with Crippen LogP contribution in [0.2, 0.25) is 0 Å². The Kier molecular flexibility index (Phi) is 3.72. The van der Waals surface area contributed by atoms with Crippen molar-refractivity contribution in [1.82, 2.24) is 15.3 Å². The first-order chi connectivity index (χ1) is 8.58. The molecule has 0 spiro atoms. The van der Waals surface area contributed by atoms with Crippen molar-refractivity contribution < 1.29 is 4.79 Å². The molecule has 0 unspecified atom stereocenters. The summed E-state index contributed by atoms with van der Waals surface area (Å²) in [4.78, 5) is 21.0. The third-order valence-electron chi connectivity index (χ3n) is 2.66. The Morgan fingerprint density at radius 3 is 2.56 bits per heavy atom. The minimum Gasteiger partial charge on any atom is -0.345 e. The Labute approximate surface area is 110 Å². The summed E-state index contributed by atoms with van der Waals surface area (Å²) in [6, 6.07) is 3.76. The van der Waals surface area contributed by atoms with Crippen molar-refractivity contribution in [3.8, 4) is 0 Å². The van der Waals surface area contributed by atoms with Gasteiger partial charge in [-0.1, -0.05) is 0 Å². The standard InChI is InChI=1S/C13H15N3OS/c1-8(11-4-6-14-7-5-11)16-13(17)12-9(2)15-10(3)18-12/h4-8H,1-3H3,(H,16,17)/t8-/m1/s1. The molecule has 0 aromatic carbocycles. The molecule has 2 aromatic rings. The molecule has 2 rings (SSSR count). The van der Waals surface area contributed by atoms with Crippen LogP contribution < -0.4 is 5.32 Å². The second-order valence-corrected chi connectivity index (χ2v) is 5.33. The average Bonchev–Trinajstić information content (AvgIpc) is 2.69. The lowest BCUT2D eigenvalue weighted by molar-refractivity contribution is 0.0943. The maximum Gasteiger partial charge on any atom is 0.263 e. The number of thiazole rings is 1. The molecule has 0 aliphatic carbocycles. The Bertz CT molecular complexity index is 551. The van der Waals surface area contributed by atoms with Gasteiger partial charge in [-0.2, -0.15) is 0 Å². The highest BCUT2D eigenvalue weighted by atomic mass is 32.1. The number of nitrogens with one attached hydrogen (secondary N) is 1. The Morgan fingerprint density at radius 2 is 2.00 bits per heavy atom. The summed E-state index contributed by atoms with van der Waals surface area (Å²) in [5.74, 6) is -0.0672. The second kappa shape index (κ2) is 5.27. The lowest BCUT2D eigenvalue weighted by Gasteiger charge is -2.13. The number of nitrogens with zero attached hydrogens (tertiary/aromatic N) is 2. The maximum absolute atomic E-state index is 12.1. The van der Waals surface area contributed by atoms with Crippen LogP contribution in [0.25, 0.3) is 0 Å². The Morgan fingerprint density at radius 1 is 1.33 bits per heavy atom.